The number of phenols is 1. The van der Waals surface area contributed by atoms with Crippen LogP contribution >= 0.6 is 0 Å². The second-order valence-corrected chi connectivity index (χ2v) is 2.47. The van der Waals surface area contributed by atoms with Crippen molar-refractivity contribution in [2.75, 3.05) is 13.7 Å². The highest BCUT2D eigenvalue weighted by atomic mass is 16.6. The molecule has 1 rings (SSSR count). The summed E-state index contributed by atoms with van der Waals surface area (Å²) in [5.41, 5.74) is 3.76. The molecule has 0 unspecified atom stereocenters. The van der Waals surface area contributed by atoms with Crippen molar-refractivity contribution in [3.8, 4) is 5.75 Å². The van der Waals surface area contributed by atoms with Crippen molar-refractivity contribution >= 4 is 0 Å². The minimum absolute atomic E-state index is 0.299. The van der Waals surface area contributed by atoms with Crippen LogP contribution in [0.2, 0.25) is 0 Å². The largest absolute Gasteiger partial charge is 0.508 e. The van der Waals surface area contributed by atoms with E-state index in [2.05, 4.69) is 5.48 Å². The summed E-state index contributed by atoms with van der Waals surface area (Å²) in [6.07, 6.45) is 0.848. The van der Waals surface area contributed by atoms with Crippen LogP contribution in [-0.4, -0.2) is 18.8 Å². The van der Waals surface area contributed by atoms with E-state index in [1.807, 2.05) is 12.1 Å². The maximum Gasteiger partial charge on any atom is 0.115 e. The maximum atomic E-state index is 8.98. The molecular weight excluding hydrogens is 154 g/mol. The Hall–Kier alpha value is -1.06. The van der Waals surface area contributed by atoms with Crippen molar-refractivity contribution in [2.24, 2.45) is 0 Å². The first kappa shape index (κ1) is 9.03. The summed E-state index contributed by atoms with van der Waals surface area (Å²) in [6, 6.07) is 7.12. The Kier molecular flexibility index (Phi) is 3.57. The molecule has 3 heteroatoms. The van der Waals surface area contributed by atoms with Crippen molar-refractivity contribution in [1.29, 1.82) is 0 Å². The highest BCUT2D eigenvalue weighted by molar-refractivity contribution is 5.25. The first-order valence-corrected chi connectivity index (χ1v) is 3.89. The summed E-state index contributed by atoms with van der Waals surface area (Å²) < 4.78 is 0. The lowest BCUT2D eigenvalue weighted by Crippen LogP contribution is -2.09. The number of hydrogen-bond acceptors (Lipinski definition) is 3. The van der Waals surface area contributed by atoms with E-state index in [1.165, 1.54) is 0 Å². The molecule has 1 aromatic rings. The third kappa shape index (κ3) is 2.90. The highest BCUT2D eigenvalue weighted by Gasteiger charge is 1.92. The number of hydrogen-bond donors (Lipinski definition) is 2. The lowest BCUT2D eigenvalue weighted by atomic mass is 10.1. The van der Waals surface area contributed by atoms with E-state index >= 15 is 0 Å². The molecule has 1 aromatic carbocycles. The van der Waals surface area contributed by atoms with Crippen molar-refractivity contribution in [3.05, 3.63) is 29.8 Å². The summed E-state index contributed by atoms with van der Waals surface area (Å²) in [5, 5.41) is 8.98. The Bertz CT molecular complexity index is 220. The van der Waals surface area contributed by atoms with Crippen molar-refractivity contribution in [3.63, 3.8) is 0 Å². The van der Waals surface area contributed by atoms with Crippen LogP contribution in [0.25, 0.3) is 0 Å². The Morgan fingerprint density at radius 1 is 1.33 bits per heavy atom. The topological polar surface area (TPSA) is 41.5 Å². The van der Waals surface area contributed by atoms with Crippen LogP contribution in [0.1, 0.15) is 5.56 Å². The molecule has 0 fully saturated rings. The van der Waals surface area contributed by atoms with Gasteiger partial charge in [-0.2, -0.15) is 0 Å². The average Bonchev–Trinajstić information content (AvgIpc) is 2.09. The Morgan fingerprint density at radius 2 is 2.00 bits per heavy atom. The minimum Gasteiger partial charge on any atom is -0.508 e. The predicted octanol–water partition coefficient (Wildman–Crippen LogP) is 1.09. The molecule has 3 nitrogen and oxygen atoms in total. The van der Waals surface area contributed by atoms with Crippen LogP contribution < -0.4 is 5.48 Å². The molecule has 66 valence electrons. The zero-order chi connectivity index (χ0) is 8.81. The number of phenolic OH excluding ortho intramolecular Hbond substituents is 1. The van der Waals surface area contributed by atoms with Gasteiger partial charge in [0.25, 0.3) is 0 Å². The Labute approximate surface area is 71.9 Å². The summed E-state index contributed by atoms with van der Waals surface area (Å²) in [4.78, 5) is 4.96. The van der Waals surface area contributed by atoms with E-state index < -0.39 is 0 Å². The fraction of sp³-hybridized carbons (Fsp3) is 0.333. The van der Waals surface area contributed by atoms with Gasteiger partial charge in [0.05, 0.1) is 6.61 Å². The SMILES string of the molecule is CNOCCc1ccc(O)cc1. The molecule has 0 aliphatic carbocycles. The molecule has 0 amide bonds. The first-order valence-electron chi connectivity index (χ1n) is 3.89. The molecule has 0 atom stereocenters. The third-order valence-electron chi connectivity index (χ3n) is 1.57. The quantitative estimate of drug-likeness (QED) is 0.521. The molecule has 2 N–H and O–H groups in total. The van der Waals surface area contributed by atoms with Crippen LogP contribution in [-0.2, 0) is 11.3 Å². The van der Waals surface area contributed by atoms with E-state index in [-0.39, 0.29) is 0 Å². The van der Waals surface area contributed by atoms with Gasteiger partial charge in [0.2, 0.25) is 0 Å². The summed E-state index contributed by atoms with van der Waals surface area (Å²) >= 11 is 0. The molecule has 0 aliphatic heterocycles. The molecule has 0 radical (unpaired) electrons. The minimum atomic E-state index is 0.299. The number of aromatic hydroxyl groups is 1. The van der Waals surface area contributed by atoms with Gasteiger partial charge in [-0.1, -0.05) is 12.1 Å². The normalized spacial score (nSPS) is 10.1. The molecule has 0 aromatic heterocycles. The predicted molar refractivity (Wildman–Crippen MR) is 46.8 cm³/mol. The molecule has 0 saturated heterocycles. The van der Waals surface area contributed by atoms with E-state index in [1.54, 1.807) is 19.2 Å². The van der Waals surface area contributed by atoms with E-state index in [9.17, 15) is 0 Å². The monoisotopic (exact) mass is 167 g/mol. The van der Waals surface area contributed by atoms with Crippen LogP contribution in [0.4, 0.5) is 0 Å². The fourth-order valence-electron chi connectivity index (χ4n) is 0.934. The standard InChI is InChI=1S/C9H13NO2/c1-10-12-7-6-8-2-4-9(11)5-3-8/h2-5,10-11H,6-7H2,1H3. The molecule has 0 saturated carbocycles. The number of benzene rings is 1. The molecular formula is C9H13NO2. The molecule has 0 bridgehead atoms. The second-order valence-electron chi connectivity index (χ2n) is 2.47. The number of hydroxylamine groups is 1. The summed E-state index contributed by atoms with van der Waals surface area (Å²) in [6.45, 7) is 0.640. The Morgan fingerprint density at radius 3 is 2.58 bits per heavy atom. The fourth-order valence-corrected chi connectivity index (χ4v) is 0.934. The van der Waals surface area contributed by atoms with Gasteiger partial charge in [0.15, 0.2) is 0 Å². The molecule has 0 heterocycles. The molecule has 0 aliphatic rings. The Balaban J connectivity index is 2.37. The molecule has 12 heavy (non-hydrogen) atoms. The van der Waals surface area contributed by atoms with Crippen LogP contribution in [0.5, 0.6) is 5.75 Å². The number of rotatable bonds is 4. The summed E-state index contributed by atoms with van der Waals surface area (Å²) in [5.74, 6) is 0.299. The van der Waals surface area contributed by atoms with Crippen molar-refractivity contribution < 1.29 is 9.94 Å². The first-order chi connectivity index (χ1) is 5.83. The second kappa shape index (κ2) is 4.74. The van der Waals surface area contributed by atoms with Gasteiger partial charge in [-0.15, -0.1) is 0 Å². The van der Waals surface area contributed by atoms with Crippen molar-refractivity contribution in [2.45, 2.75) is 6.42 Å². The van der Waals surface area contributed by atoms with E-state index in [0.717, 1.165) is 12.0 Å². The van der Waals surface area contributed by atoms with Crippen LogP contribution in [0.15, 0.2) is 24.3 Å². The maximum absolute atomic E-state index is 8.98. The van der Waals surface area contributed by atoms with Gasteiger partial charge in [-0.05, 0) is 24.1 Å². The van der Waals surface area contributed by atoms with Gasteiger partial charge in [-0.25, -0.2) is 5.48 Å². The summed E-state index contributed by atoms with van der Waals surface area (Å²) in [7, 11) is 1.73. The van der Waals surface area contributed by atoms with Gasteiger partial charge in [0, 0.05) is 7.05 Å². The number of nitrogens with one attached hydrogen (secondary N) is 1. The lowest BCUT2D eigenvalue weighted by Gasteiger charge is -2.01. The highest BCUT2D eigenvalue weighted by Crippen LogP contribution is 2.09. The van der Waals surface area contributed by atoms with Gasteiger partial charge < -0.3 is 9.94 Å². The third-order valence-corrected chi connectivity index (χ3v) is 1.57. The smallest absolute Gasteiger partial charge is 0.115 e. The van der Waals surface area contributed by atoms with Crippen LogP contribution in [0.3, 0.4) is 0 Å². The van der Waals surface area contributed by atoms with Gasteiger partial charge in [-0.3, -0.25) is 0 Å². The van der Waals surface area contributed by atoms with E-state index in [0.29, 0.717) is 12.4 Å². The molecule has 0 spiro atoms. The zero-order valence-electron chi connectivity index (χ0n) is 7.08. The van der Waals surface area contributed by atoms with Crippen LogP contribution in [0, 0.1) is 0 Å². The lowest BCUT2D eigenvalue weighted by molar-refractivity contribution is 0.0604. The van der Waals surface area contributed by atoms with Gasteiger partial charge in [0.1, 0.15) is 5.75 Å². The average molecular weight is 167 g/mol. The van der Waals surface area contributed by atoms with E-state index in [4.69, 9.17) is 9.94 Å². The van der Waals surface area contributed by atoms with Crippen molar-refractivity contribution in [1.82, 2.24) is 5.48 Å². The zero-order valence-corrected chi connectivity index (χ0v) is 7.08. The van der Waals surface area contributed by atoms with Gasteiger partial charge >= 0.3 is 0 Å².